The minimum absolute atomic E-state index is 0.202. The number of carboxylic acid groups (broad SMARTS) is 1. The van der Waals surface area contributed by atoms with Gasteiger partial charge in [0.1, 0.15) is 0 Å². The fraction of sp³-hybridized carbons (Fsp3) is 0.467. The van der Waals surface area contributed by atoms with Crippen LogP contribution < -0.4 is 14.8 Å². The first-order valence-corrected chi connectivity index (χ1v) is 7.95. The molecule has 0 saturated carbocycles. The van der Waals surface area contributed by atoms with E-state index in [1.54, 1.807) is 12.1 Å². The van der Waals surface area contributed by atoms with Crippen LogP contribution in [0.2, 0.25) is 0 Å². The van der Waals surface area contributed by atoms with Crippen molar-refractivity contribution >= 4 is 27.9 Å². The van der Waals surface area contributed by atoms with Gasteiger partial charge in [-0.3, -0.25) is 4.79 Å². The van der Waals surface area contributed by atoms with Crippen molar-refractivity contribution in [2.75, 3.05) is 27.3 Å². The zero-order valence-electron chi connectivity index (χ0n) is 13.0. The summed E-state index contributed by atoms with van der Waals surface area (Å²) in [4.78, 5) is 24.8. The Morgan fingerprint density at radius 1 is 1.30 bits per heavy atom. The Balaban J connectivity index is 2.13. The summed E-state index contributed by atoms with van der Waals surface area (Å²) in [5.41, 5.74) is 0.412. The first kappa shape index (κ1) is 17.4. The first-order valence-electron chi connectivity index (χ1n) is 7.16. The third-order valence-corrected chi connectivity index (χ3v) is 4.40. The van der Waals surface area contributed by atoms with E-state index >= 15 is 0 Å². The van der Waals surface area contributed by atoms with Crippen molar-refractivity contribution in [2.24, 2.45) is 0 Å². The summed E-state index contributed by atoms with van der Waals surface area (Å²) in [5.74, 6) is 0.692. The van der Waals surface area contributed by atoms with Gasteiger partial charge in [0.05, 0.1) is 19.8 Å². The molecule has 8 heteroatoms. The number of ether oxygens (including phenoxy) is 2. The van der Waals surface area contributed by atoms with Gasteiger partial charge in [0.15, 0.2) is 11.5 Å². The van der Waals surface area contributed by atoms with Crippen molar-refractivity contribution in [3.05, 3.63) is 22.2 Å². The highest BCUT2D eigenvalue weighted by molar-refractivity contribution is 9.10. The van der Waals surface area contributed by atoms with Crippen LogP contribution in [0.25, 0.3) is 0 Å². The molecule has 1 fully saturated rings. The smallest absolute Gasteiger partial charge is 0.407 e. The van der Waals surface area contributed by atoms with E-state index in [2.05, 4.69) is 21.2 Å². The maximum absolute atomic E-state index is 12.5. The second-order valence-corrected chi connectivity index (χ2v) is 6.08. The molecular weight excluding hydrogens is 368 g/mol. The number of piperidine rings is 1. The number of amides is 2. The maximum atomic E-state index is 12.5. The molecule has 1 aromatic rings. The molecule has 0 unspecified atom stereocenters. The highest BCUT2D eigenvalue weighted by Crippen LogP contribution is 2.33. The number of rotatable bonds is 4. The number of likely N-dealkylation sites (tertiary alicyclic amines) is 1. The van der Waals surface area contributed by atoms with Crippen LogP contribution >= 0.6 is 15.9 Å². The van der Waals surface area contributed by atoms with Gasteiger partial charge in [0, 0.05) is 23.6 Å². The fourth-order valence-corrected chi connectivity index (χ4v) is 3.06. The predicted octanol–water partition coefficient (Wildman–Crippen LogP) is 2.34. The highest BCUT2D eigenvalue weighted by atomic mass is 79.9. The summed E-state index contributed by atoms with van der Waals surface area (Å²) in [5, 5.41) is 11.9. The normalized spacial score (nSPS) is 17.5. The number of methoxy groups -OCH3 is 2. The molecule has 0 aromatic heterocycles. The van der Waals surface area contributed by atoms with Crippen LogP contribution in [0.5, 0.6) is 11.5 Å². The Hall–Kier alpha value is -1.96. The number of halogens is 1. The number of carbonyl (C=O) groups excluding carboxylic acids is 1. The predicted molar refractivity (Wildman–Crippen MR) is 87.3 cm³/mol. The number of hydrogen-bond donors (Lipinski definition) is 2. The molecule has 0 spiro atoms. The molecule has 0 radical (unpaired) electrons. The lowest BCUT2D eigenvalue weighted by molar-refractivity contribution is 0.0887. The molecule has 0 aliphatic carbocycles. The minimum Gasteiger partial charge on any atom is -0.493 e. The topological polar surface area (TPSA) is 88.1 Å². The number of hydrogen-bond acceptors (Lipinski definition) is 4. The van der Waals surface area contributed by atoms with Crippen molar-refractivity contribution in [2.45, 2.75) is 18.9 Å². The molecule has 0 bridgehead atoms. The Kier molecular flexibility index (Phi) is 5.70. The lowest BCUT2D eigenvalue weighted by Gasteiger charge is -2.31. The molecule has 1 saturated heterocycles. The zero-order chi connectivity index (χ0) is 17.0. The van der Waals surface area contributed by atoms with Crippen LogP contribution in [-0.4, -0.2) is 55.4 Å². The van der Waals surface area contributed by atoms with E-state index in [9.17, 15) is 9.59 Å². The van der Waals surface area contributed by atoms with E-state index in [-0.39, 0.29) is 11.9 Å². The van der Waals surface area contributed by atoms with Gasteiger partial charge in [-0.05, 0) is 40.9 Å². The molecule has 2 N–H and O–H groups in total. The van der Waals surface area contributed by atoms with Crippen molar-refractivity contribution in [3.63, 3.8) is 0 Å². The van der Waals surface area contributed by atoms with Crippen LogP contribution in [-0.2, 0) is 0 Å². The summed E-state index contributed by atoms with van der Waals surface area (Å²) >= 11 is 3.35. The summed E-state index contributed by atoms with van der Waals surface area (Å²) in [6.45, 7) is 0.799. The lowest BCUT2D eigenvalue weighted by atomic mass is 10.1. The summed E-state index contributed by atoms with van der Waals surface area (Å²) in [6, 6.07) is 3.06. The van der Waals surface area contributed by atoms with Crippen LogP contribution in [0.15, 0.2) is 16.6 Å². The SMILES string of the molecule is COc1cc(Br)c(C(=O)N[C@@H]2CCCN(C(=O)O)C2)cc1OC. The van der Waals surface area contributed by atoms with Gasteiger partial charge >= 0.3 is 6.09 Å². The first-order chi connectivity index (χ1) is 11.0. The van der Waals surface area contributed by atoms with Gasteiger partial charge in [-0.15, -0.1) is 0 Å². The number of nitrogens with zero attached hydrogens (tertiary/aromatic N) is 1. The molecule has 1 atom stereocenters. The Bertz CT molecular complexity index is 608. The van der Waals surface area contributed by atoms with E-state index in [4.69, 9.17) is 14.6 Å². The van der Waals surface area contributed by atoms with E-state index in [0.717, 1.165) is 12.8 Å². The lowest BCUT2D eigenvalue weighted by Crippen LogP contribution is -2.49. The van der Waals surface area contributed by atoms with Crippen molar-refractivity contribution in [1.29, 1.82) is 0 Å². The molecule has 1 heterocycles. The monoisotopic (exact) mass is 386 g/mol. The summed E-state index contributed by atoms with van der Waals surface area (Å²) < 4.78 is 11.0. The third-order valence-electron chi connectivity index (χ3n) is 3.74. The summed E-state index contributed by atoms with van der Waals surface area (Å²) in [6.07, 6.45) is 0.515. The molecule has 1 aliphatic heterocycles. The van der Waals surface area contributed by atoms with Gasteiger partial charge in [-0.1, -0.05) is 0 Å². The standard InChI is InChI=1S/C15H19BrN2O5/c1-22-12-6-10(11(16)7-13(12)23-2)14(19)17-9-4-3-5-18(8-9)15(20)21/h6-7,9H,3-5,8H2,1-2H3,(H,17,19)(H,20,21)/t9-/m1/s1. The molecule has 126 valence electrons. The molecular formula is C15H19BrN2O5. The van der Waals surface area contributed by atoms with Crippen LogP contribution in [0, 0.1) is 0 Å². The zero-order valence-corrected chi connectivity index (χ0v) is 14.6. The van der Waals surface area contributed by atoms with Crippen LogP contribution in [0.4, 0.5) is 4.79 Å². The summed E-state index contributed by atoms with van der Waals surface area (Å²) in [7, 11) is 3.02. The van der Waals surface area contributed by atoms with E-state index in [1.807, 2.05) is 0 Å². The molecule has 23 heavy (non-hydrogen) atoms. The van der Waals surface area contributed by atoms with Crippen molar-refractivity contribution in [3.8, 4) is 11.5 Å². The minimum atomic E-state index is -0.962. The third kappa shape index (κ3) is 4.07. The van der Waals surface area contributed by atoms with E-state index < -0.39 is 6.09 Å². The van der Waals surface area contributed by atoms with Gasteiger partial charge in [-0.2, -0.15) is 0 Å². The average molecular weight is 387 g/mol. The van der Waals surface area contributed by atoms with E-state index in [0.29, 0.717) is 34.6 Å². The molecule has 2 rings (SSSR count). The largest absolute Gasteiger partial charge is 0.493 e. The Morgan fingerprint density at radius 2 is 1.96 bits per heavy atom. The molecule has 7 nitrogen and oxygen atoms in total. The molecule has 1 aromatic carbocycles. The second-order valence-electron chi connectivity index (χ2n) is 5.23. The quantitative estimate of drug-likeness (QED) is 0.828. The highest BCUT2D eigenvalue weighted by Gasteiger charge is 2.25. The molecule has 2 amide bonds. The molecule has 1 aliphatic rings. The van der Waals surface area contributed by atoms with Gasteiger partial charge in [-0.25, -0.2) is 4.79 Å². The number of nitrogens with one attached hydrogen (secondary N) is 1. The van der Waals surface area contributed by atoms with E-state index in [1.165, 1.54) is 19.1 Å². The maximum Gasteiger partial charge on any atom is 0.407 e. The number of carbonyl (C=O) groups is 2. The average Bonchev–Trinajstić information content (AvgIpc) is 2.54. The van der Waals surface area contributed by atoms with Gasteiger partial charge < -0.3 is 24.8 Å². The Morgan fingerprint density at radius 3 is 2.57 bits per heavy atom. The van der Waals surface area contributed by atoms with Crippen molar-refractivity contribution < 1.29 is 24.2 Å². The van der Waals surface area contributed by atoms with Crippen LogP contribution in [0.3, 0.4) is 0 Å². The van der Waals surface area contributed by atoms with Crippen molar-refractivity contribution in [1.82, 2.24) is 10.2 Å². The van der Waals surface area contributed by atoms with Crippen LogP contribution in [0.1, 0.15) is 23.2 Å². The second kappa shape index (κ2) is 7.54. The fourth-order valence-electron chi connectivity index (χ4n) is 2.56. The Labute approximate surface area is 142 Å². The number of benzene rings is 1. The van der Waals surface area contributed by atoms with Gasteiger partial charge in [0.2, 0.25) is 0 Å². The van der Waals surface area contributed by atoms with Gasteiger partial charge in [0.25, 0.3) is 5.91 Å².